The molecular weight excluding hydrogens is 452 g/mol. The van der Waals surface area contributed by atoms with Crippen LogP contribution in [0.2, 0.25) is 0 Å². The molecule has 3 rings (SSSR count). The van der Waals surface area contributed by atoms with Crippen LogP contribution in [-0.4, -0.2) is 24.6 Å². The molecule has 0 radical (unpaired) electrons. The first-order valence-corrected chi connectivity index (χ1v) is 12.8. The number of anilines is 2. The van der Waals surface area contributed by atoms with E-state index in [9.17, 15) is 9.59 Å². The molecule has 1 aliphatic carbocycles. The Morgan fingerprint density at radius 1 is 1.06 bits per heavy atom. The Balaban J connectivity index is 1.41. The molecule has 0 spiro atoms. The minimum Gasteiger partial charge on any atom is -0.462 e. The number of unbranched alkanes of at least 4 members (excludes halogenated alkanes) is 1. The van der Waals surface area contributed by atoms with E-state index in [4.69, 9.17) is 20.9 Å². The van der Waals surface area contributed by atoms with Gasteiger partial charge in [-0.15, -0.1) is 6.58 Å². The summed E-state index contributed by atoms with van der Waals surface area (Å²) in [5, 5.41) is 0. The zero-order chi connectivity index (χ0) is 25.9. The number of esters is 2. The Labute approximate surface area is 214 Å². The predicted octanol–water partition coefficient (Wildman–Crippen LogP) is 6.28. The van der Waals surface area contributed by atoms with E-state index in [0.29, 0.717) is 16.9 Å². The number of nitrogen functional groups attached to an aromatic ring is 2. The molecule has 36 heavy (non-hydrogen) atoms. The SMILES string of the molecule is C=CCCCC1CCC(OC(=O)c2ccc(/C=C/C(=O)OCC(C)c3cc(N)cc(N)c3)cc2)CC1. The van der Waals surface area contributed by atoms with Crippen LogP contribution in [0.15, 0.2) is 61.2 Å². The molecule has 0 aromatic heterocycles. The van der Waals surface area contributed by atoms with Gasteiger partial charge in [-0.3, -0.25) is 0 Å². The second-order valence-corrected chi connectivity index (χ2v) is 9.69. The lowest BCUT2D eigenvalue weighted by Crippen LogP contribution is -2.24. The van der Waals surface area contributed by atoms with Crippen molar-refractivity contribution in [3.8, 4) is 0 Å². The van der Waals surface area contributed by atoms with E-state index >= 15 is 0 Å². The van der Waals surface area contributed by atoms with Crippen LogP contribution in [0, 0.1) is 5.92 Å². The van der Waals surface area contributed by atoms with Gasteiger partial charge in [0.15, 0.2) is 0 Å². The van der Waals surface area contributed by atoms with Crippen molar-refractivity contribution in [2.24, 2.45) is 5.92 Å². The van der Waals surface area contributed by atoms with Crippen LogP contribution in [0.1, 0.15) is 79.3 Å². The van der Waals surface area contributed by atoms with Crippen molar-refractivity contribution in [3.63, 3.8) is 0 Å². The highest BCUT2D eigenvalue weighted by molar-refractivity contribution is 5.90. The number of carbonyl (C=O) groups excluding carboxylic acids is 2. The minimum absolute atomic E-state index is 0.00587. The number of allylic oxidation sites excluding steroid dienone is 1. The maximum absolute atomic E-state index is 12.5. The zero-order valence-corrected chi connectivity index (χ0v) is 21.2. The third-order valence-electron chi connectivity index (χ3n) is 6.69. The Kier molecular flexibility index (Phi) is 10.2. The highest BCUT2D eigenvalue weighted by Gasteiger charge is 2.24. The lowest BCUT2D eigenvalue weighted by atomic mass is 9.84. The summed E-state index contributed by atoms with van der Waals surface area (Å²) < 4.78 is 11.1. The van der Waals surface area contributed by atoms with E-state index in [1.165, 1.54) is 18.9 Å². The topological polar surface area (TPSA) is 105 Å². The smallest absolute Gasteiger partial charge is 0.338 e. The Bertz CT molecular complexity index is 1030. The summed E-state index contributed by atoms with van der Waals surface area (Å²) >= 11 is 0. The second-order valence-electron chi connectivity index (χ2n) is 9.69. The normalized spacial score (nSPS) is 18.5. The van der Waals surface area contributed by atoms with Gasteiger partial charge in [0.1, 0.15) is 6.10 Å². The first-order valence-electron chi connectivity index (χ1n) is 12.8. The van der Waals surface area contributed by atoms with Crippen LogP contribution in [0.4, 0.5) is 11.4 Å². The third kappa shape index (κ3) is 8.59. The molecule has 0 saturated heterocycles. The van der Waals surface area contributed by atoms with E-state index in [0.717, 1.165) is 49.1 Å². The summed E-state index contributed by atoms with van der Waals surface area (Å²) in [6.45, 7) is 5.94. The van der Waals surface area contributed by atoms with Crippen molar-refractivity contribution in [1.29, 1.82) is 0 Å². The minimum atomic E-state index is -0.442. The van der Waals surface area contributed by atoms with Gasteiger partial charge in [-0.2, -0.15) is 0 Å². The second kappa shape index (κ2) is 13.5. The number of hydrogen-bond acceptors (Lipinski definition) is 6. The molecule has 0 bridgehead atoms. The molecular formula is C30H38N2O4. The van der Waals surface area contributed by atoms with Crippen LogP contribution >= 0.6 is 0 Å². The lowest BCUT2D eigenvalue weighted by Gasteiger charge is -2.28. The molecule has 0 aliphatic heterocycles. The number of benzene rings is 2. The van der Waals surface area contributed by atoms with Crippen LogP contribution < -0.4 is 11.5 Å². The third-order valence-corrected chi connectivity index (χ3v) is 6.69. The van der Waals surface area contributed by atoms with Crippen molar-refractivity contribution < 1.29 is 19.1 Å². The first kappa shape index (κ1) is 27.1. The summed E-state index contributed by atoms with van der Waals surface area (Å²) in [5.74, 6) is -0.0407. The van der Waals surface area contributed by atoms with Crippen molar-refractivity contribution >= 4 is 29.4 Å². The molecule has 1 fully saturated rings. The van der Waals surface area contributed by atoms with Crippen LogP contribution in [0.5, 0.6) is 0 Å². The van der Waals surface area contributed by atoms with E-state index in [2.05, 4.69) is 6.58 Å². The quantitative estimate of drug-likeness (QED) is 0.126. The monoisotopic (exact) mass is 490 g/mol. The van der Waals surface area contributed by atoms with Gasteiger partial charge < -0.3 is 20.9 Å². The van der Waals surface area contributed by atoms with Gasteiger partial charge in [-0.05, 0) is 92.0 Å². The number of rotatable bonds is 11. The zero-order valence-electron chi connectivity index (χ0n) is 21.2. The van der Waals surface area contributed by atoms with Crippen LogP contribution in [-0.2, 0) is 14.3 Å². The molecule has 1 atom stereocenters. The molecule has 1 unspecified atom stereocenters. The van der Waals surface area contributed by atoms with Gasteiger partial charge in [0.2, 0.25) is 0 Å². The van der Waals surface area contributed by atoms with Crippen molar-refractivity contribution in [1.82, 2.24) is 0 Å². The maximum atomic E-state index is 12.5. The molecule has 6 heteroatoms. The molecule has 1 aliphatic rings. The molecule has 2 aromatic rings. The highest BCUT2D eigenvalue weighted by Crippen LogP contribution is 2.30. The number of carbonyl (C=O) groups is 2. The van der Waals surface area contributed by atoms with Crippen molar-refractivity contribution in [3.05, 3.63) is 77.9 Å². The fourth-order valence-electron chi connectivity index (χ4n) is 4.54. The van der Waals surface area contributed by atoms with Gasteiger partial charge in [0, 0.05) is 23.4 Å². The summed E-state index contributed by atoms with van der Waals surface area (Å²) in [6, 6.07) is 12.4. The molecule has 192 valence electrons. The van der Waals surface area contributed by atoms with E-state index in [1.807, 2.05) is 25.1 Å². The summed E-state index contributed by atoms with van der Waals surface area (Å²) in [6.07, 6.45) is 12.6. The standard InChI is InChI=1S/C30H38N2O4/c1-3-4-5-6-22-9-14-28(15-10-22)36-30(34)24-12-7-23(8-13-24)11-16-29(33)35-20-21(2)25-17-26(31)19-27(32)18-25/h3,7-8,11-13,16-19,21-22,28H,1,4-6,9-10,14-15,20,31-32H2,2H3/b16-11+. The Hall–Kier alpha value is -3.54. The van der Waals surface area contributed by atoms with Crippen molar-refractivity contribution in [2.75, 3.05) is 18.1 Å². The maximum Gasteiger partial charge on any atom is 0.338 e. The molecule has 0 amide bonds. The molecule has 0 heterocycles. The van der Waals surface area contributed by atoms with Gasteiger partial charge in [0.05, 0.1) is 12.2 Å². The molecule has 1 saturated carbocycles. The van der Waals surface area contributed by atoms with Crippen LogP contribution in [0.25, 0.3) is 6.08 Å². The van der Waals surface area contributed by atoms with E-state index in [-0.39, 0.29) is 24.6 Å². The Morgan fingerprint density at radius 2 is 1.72 bits per heavy atom. The van der Waals surface area contributed by atoms with Gasteiger partial charge in [-0.25, -0.2) is 9.59 Å². The van der Waals surface area contributed by atoms with Crippen molar-refractivity contribution in [2.45, 2.75) is 63.9 Å². The fraction of sp³-hybridized carbons (Fsp3) is 0.400. The average Bonchev–Trinajstić information content (AvgIpc) is 2.87. The largest absolute Gasteiger partial charge is 0.462 e. The molecule has 4 N–H and O–H groups in total. The van der Waals surface area contributed by atoms with Gasteiger partial charge in [-0.1, -0.05) is 31.6 Å². The Morgan fingerprint density at radius 3 is 2.36 bits per heavy atom. The van der Waals surface area contributed by atoms with Gasteiger partial charge in [0.25, 0.3) is 0 Å². The number of ether oxygens (including phenoxy) is 2. The van der Waals surface area contributed by atoms with E-state index in [1.54, 1.807) is 36.4 Å². The number of nitrogens with two attached hydrogens (primary N) is 2. The van der Waals surface area contributed by atoms with E-state index < -0.39 is 5.97 Å². The predicted molar refractivity (Wildman–Crippen MR) is 145 cm³/mol. The molecule has 6 nitrogen and oxygen atoms in total. The summed E-state index contributed by atoms with van der Waals surface area (Å²) in [4.78, 5) is 24.7. The van der Waals surface area contributed by atoms with Crippen LogP contribution in [0.3, 0.4) is 0 Å². The van der Waals surface area contributed by atoms with Gasteiger partial charge >= 0.3 is 11.9 Å². The number of hydrogen-bond donors (Lipinski definition) is 2. The first-order chi connectivity index (χ1) is 17.3. The lowest BCUT2D eigenvalue weighted by molar-refractivity contribution is -0.138. The average molecular weight is 491 g/mol. The fourth-order valence-corrected chi connectivity index (χ4v) is 4.54. The summed E-state index contributed by atoms with van der Waals surface area (Å²) in [7, 11) is 0. The highest BCUT2D eigenvalue weighted by atomic mass is 16.5. The molecule has 2 aromatic carbocycles. The summed E-state index contributed by atoms with van der Waals surface area (Å²) in [5.41, 5.74) is 15.1.